The Bertz CT molecular complexity index is 438. The number of hydrogen-bond acceptors (Lipinski definition) is 4. The van der Waals surface area contributed by atoms with Crippen molar-refractivity contribution in [1.29, 1.82) is 5.26 Å². The van der Waals surface area contributed by atoms with Crippen molar-refractivity contribution in [2.75, 3.05) is 24.1 Å². The first-order valence-corrected chi connectivity index (χ1v) is 6.75. The monoisotopic (exact) mass is 260 g/mol. The summed E-state index contributed by atoms with van der Waals surface area (Å²) in [4.78, 5) is 2.42. The molecule has 104 valence electrons. The molecule has 0 aliphatic carbocycles. The van der Waals surface area contributed by atoms with Crippen molar-refractivity contribution in [2.24, 2.45) is 0 Å². The van der Waals surface area contributed by atoms with E-state index in [1.165, 1.54) is 0 Å². The van der Waals surface area contributed by atoms with Crippen LogP contribution in [0.15, 0.2) is 18.2 Å². The van der Waals surface area contributed by atoms with Crippen molar-refractivity contribution in [3.63, 3.8) is 0 Å². The van der Waals surface area contributed by atoms with Gasteiger partial charge in [0, 0.05) is 25.2 Å². The number of anilines is 2. The Morgan fingerprint density at radius 2 is 1.89 bits per heavy atom. The fraction of sp³-hybridized carbons (Fsp3) is 0.533. The summed E-state index contributed by atoms with van der Waals surface area (Å²) in [7, 11) is 0. The molecule has 0 radical (unpaired) electrons. The van der Waals surface area contributed by atoms with Crippen molar-refractivity contribution in [3.8, 4) is 6.07 Å². The normalized spacial score (nSPS) is 11.1. The smallest absolute Gasteiger partial charge is 0.0992 e. The first-order valence-electron chi connectivity index (χ1n) is 6.75. The number of nitrogen functional groups attached to an aromatic ring is 1. The third kappa shape index (κ3) is 4.46. The van der Waals surface area contributed by atoms with Crippen LogP contribution in [0.5, 0.6) is 0 Å². The Hall–Kier alpha value is -1.73. The second-order valence-corrected chi connectivity index (χ2v) is 5.27. The molecule has 0 spiro atoms. The molecule has 0 heterocycles. The lowest BCUT2D eigenvalue weighted by atomic mass is 10.2. The van der Waals surface area contributed by atoms with Crippen LogP contribution in [0.1, 0.15) is 33.3 Å². The number of hydrogen-bond donors (Lipinski definition) is 2. The molecule has 0 amide bonds. The molecule has 19 heavy (non-hydrogen) atoms. The number of nitriles is 1. The highest BCUT2D eigenvalue weighted by molar-refractivity contribution is 5.68. The highest BCUT2D eigenvalue weighted by Gasteiger charge is 2.12. The summed E-state index contributed by atoms with van der Waals surface area (Å²) in [5, 5.41) is 12.1. The van der Waals surface area contributed by atoms with E-state index in [1.54, 1.807) is 12.1 Å². The van der Waals surface area contributed by atoms with Crippen LogP contribution in [0.3, 0.4) is 0 Å². The third-order valence-corrected chi connectivity index (χ3v) is 3.19. The van der Waals surface area contributed by atoms with Crippen LogP contribution in [0, 0.1) is 11.3 Å². The molecule has 3 N–H and O–H groups in total. The van der Waals surface area contributed by atoms with Crippen molar-refractivity contribution < 1.29 is 0 Å². The first-order chi connectivity index (χ1) is 8.95. The Morgan fingerprint density at radius 3 is 2.37 bits per heavy atom. The highest BCUT2D eigenvalue weighted by atomic mass is 15.2. The molecular weight excluding hydrogens is 236 g/mol. The lowest BCUT2D eigenvalue weighted by Gasteiger charge is -2.30. The molecule has 1 aromatic rings. The number of nitrogens with two attached hydrogens (primary N) is 1. The summed E-state index contributed by atoms with van der Waals surface area (Å²) in [6.45, 7) is 10.6. The van der Waals surface area contributed by atoms with E-state index in [1.807, 2.05) is 6.07 Å². The van der Waals surface area contributed by atoms with Gasteiger partial charge in [-0.3, -0.25) is 4.90 Å². The van der Waals surface area contributed by atoms with Gasteiger partial charge in [-0.15, -0.1) is 0 Å². The average molecular weight is 260 g/mol. The van der Waals surface area contributed by atoms with Crippen LogP contribution >= 0.6 is 0 Å². The van der Waals surface area contributed by atoms with E-state index in [4.69, 9.17) is 11.0 Å². The summed E-state index contributed by atoms with van der Waals surface area (Å²) >= 11 is 0. The minimum Gasteiger partial charge on any atom is -0.397 e. The summed E-state index contributed by atoms with van der Waals surface area (Å²) in [5.74, 6) is 0. The lowest BCUT2D eigenvalue weighted by Crippen LogP contribution is -2.40. The van der Waals surface area contributed by atoms with E-state index >= 15 is 0 Å². The van der Waals surface area contributed by atoms with E-state index in [2.05, 4.69) is 44.0 Å². The Balaban J connectivity index is 2.56. The maximum Gasteiger partial charge on any atom is 0.0992 e. The minimum atomic E-state index is 0.528. The van der Waals surface area contributed by atoms with Crippen molar-refractivity contribution in [1.82, 2.24) is 4.90 Å². The molecule has 0 saturated heterocycles. The zero-order valence-corrected chi connectivity index (χ0v) is 12.3. The van der Waals surface area contributed by atoms with Crippen molar-refractivity contribution >= 4 is 11.4 Å². The second-order valence-electron chi connectivity index (χ2n) is 5.27. The SMILES string of the molecule is CC(C)N(CCNc1ccc(C#N)cc1N)C(C)C. The Morgan fingerprint density at radius 1 is 1.26 bits per heavy atom. The molecule has 0 unspecified atom stereocenters. The summed E-state index contributed by atoms with van der Waals surface area (Å²) in [5.41, 5.74) is 8.02. The van der Waals surface area contributed by atoms with Gasteiger partial charge in [-0.2, -0.15) is 5.26 Å². The van der Waals surface area contributed by atoms with Crippen LogP contribution in [0.25, 0.3) is 0 Å². The highest BCUT2D eigenvalue weighted by Crippen LogP contribution is 2.19. The molecule has 0 aliphatic rings. The van der Waals surface area contributed by atoms with Crippen LogP contribution < -0.4 is 11.1 Å². The van der Waals surface area contributed by atoms with Crippen molar-refractivity contribution in [3.05, 3.63) is 23.8 Å². The molecule has 1 rings (SSSR count). The van der Waals surface area contributed by atoms with Gasteiger partial charge in [0.25, 0.3) is 0 Å². The molecular formula is C15H24N4. The second kappa shape index (κ2) is 7.01. The van der Waals surface area contributed by atoms with Gasteiger partial charge in [-0.05, 0) is 45.9 Å². The molecule has 0 atom stereocenters. The maximum absolute atomic E-state index is 8.79. The third-order valence-electron chi connectivity index (χ3n) is 3.19. The van der Waals surface area contributed by atoms with E-state index < -0.39 is 0 Å². The topological polar surface area (TPSA) is 65.1 Å². The van der Waals surface area contributed by atoms with E-state index in [0.717, 1.165) is 18.8 Å². The summed E-state index contributed by atoms with van der Waals surface area (Å²) in [6, 6.07) is 8.48. The lowest BCUT2D eigenvalue weighted by molar-refractivity contribution is 0.182. The van der Waals surface area contributed by atoms with Crippen LogP contribution in [-0.4, -0.2) is 30.1 Å². The molecule has 1 aromatic carbocycles. The van der Waals surface area contributed by atoms with E-state index in [0.29, 0.717) is 23.3 Å². The maximum atomic E-state index is 8.79. The van der Waals surface area contributed by atoms with Gasteiger partial charge in [-0.1, -0.05) is 0 Å². The zero-order chi connectivity index (χ0) is 14.4. The van der Waals surface area contributed by atoms with Crippen LogP contribution in [0.2, 0.25) is 0 Å². The number of rotatable bonds is 6. The Labute approximate surface area is 116 Å². The summed E-state index contributed by atoms with van der Waals surface area (Å²) < 4.78 is 0. The van der Waals surface area contributed by atoms with Crippen LogP contribution in [0.4, 0.5) is 11.4 Å². The van der Waals surface area contributed by atoms with Gasteiger partial charge >= 0.3 is 0 Å². The first kappa shape index (κ1) is 15.3. The quantitative estimate of drug-likeness (QED) is 0.772. The fourth-order valence-corrected chi connectivity index (χ4v) is 2.23. The number of nitrogens with one attached hydrogen (secondary N) is 1. The van der Waals surface area contributed by atoms with Crippen molar-refractivity contribution in [2.45, 2.75) is 39.8 Å². The molecule has 0 fully saturated rings. The van der Waals surface area contributed by atoms with Gasteiger partial charge in [0.2, 0.25) is 0 Å². The number of benzene rings is 1. The summed E-state index contributed by atoms with van der Waals surface area (Å²) in [6.07, 6.45) is 0. The minimum absolute atomic E-state index is 0.528. The van der Waals surface area contributed by atoms with Gasteiger partial charge in [0.05, 0.1) is 23.0 Å². The van der Waals surface area contributed by atoms with Gasteiger partial charge in [0.1, 0.15) is 0 Å². The van der Waals surface area contributed by atoms with Crippen LogP contribution in [-0.2, 0) is 0 Å². The molecule has 0 bridgehead atoms. The van der Waals surface area contributed by atoms with Gasteiger partial charge in [-0.25, -0.2) is 0 Å². The predicted octanol–water partition coefficient (Wildman–Crippen LogP) is 2.67. The number of nitrogens with zero attached hydrogens (tertiary/aromatic N) is 2. The Kier molecular flexibility index (Phi) is 5.65. The molecule has 0 aliphatic heterocycles. The largest absolute Gasteiger partial charge is 0.397 e. The van der Waals surface area contributed by atoms with E-state index in [9.17, 15) is 0 Å². The zero-order valence-electron chi connectivity index (χ0n) is 12.3. The predicted molar refractivity (Wildman–Crippen MR) is 81.0 cm³/mol. The average Bonchev–Trinajstić information content (AvgIpc) is 2.35. The standard InChI is InChI=1S/C15H24N4/c1-11(2)19(12(3)4)8-7-18-15-6-5-13(10-16)9-14(15)17/h5-6,9,11-12,18H,7-8,17H2,1-4H3. The fourth-order valence-electron chi connectivity index (χ4n) is 2.23. The van der Waals surface area contributed by atoms with E-state index in [-0.39, 0.29) is 0 Å². The molecule has 4 nitrogen and oxygen atoms in total. The van der Waals surface area contributed by atoms with Gasteiger partial charge < -0.3 is 11.1 Å². The molecule has 0 saturated carbocycles. The van der Waals surface area contributed by atoms with Gasteiger partial charge in [0.15, 0.2) is 0 Å². The molecule has 0 aromatic heterocycles. The molecule has 4 heteroatoms.